The first-order valence-corrected chi connectivity index (χ1v) is 20.2. The van der Waals surface area contributed by atoms with Crippen molar-refractivity contribution >= 4 is 102 Å². The number of hydrogen-bond donors (Lipinski definition) is 0. The fourth-order valence-electron chi connectivity index (χ4n) is 9.14. The van der Waals surface area contributed by atoms with Gasteiger partial charge in [0.05, 0.1) is 21.4 Å². The largest absolute Gasteiger partial charge is 0.456 e. The number of imidazole rings is 1. The van der Waals surface area contributed by atoms with Gasteiger partial charge in [0, 0.05) is 31.6 Å². The lowest BCUT2D eigenvalue weighted by Crippen LogP contribution is -1.93. The molecule has 0 spiro atoms. The van der Waals surface area contributed by atoms with Gasteiger partial charge in [0.25, 0.3) is 0 Å². The van der Waals surface area contributed by atoms with E-state index in [2.05, 4.69) is 174 Å². The molecule has 0 amide bonds. The molecule has 4 aromatic heterocycles. The lowest BCUT2D eigenvalue weighted by Gasteiger charge is -2.11. The predicted molar refractivity (Wildman–Crippen MR) is 242 cm³/mol. The highest BCUT2D eigenvalue weighted by Crippen LogP contribution is 2.43. The highest BCUT2D eigenvalue weighted by molar-refractivity contribution is 7.26. The van der Waals surface area contributed by atoms with E-state index in [9.17, 15) is 0 Å². The van der Waals surface area contributed by atoms with Crippen molar-refractivity contribution in [3.05, 3.63) is 182 Å². The highest BCUT2D eigenvalue weighted by atomic mass is 32.1. The number of furan rings is 1. The van der Waals surface area contributed by atoms with Gasteiger partial charge in [0.15, 0.2) is 5.65 Å². The third kappa shape index (κ3) is 4.56. The molecule has 0 saturated carbocycles. The number of hydrogen-bond acceptors (Lipinski definition) is 3. The highest BCUT2D eigenvalue weighted by Gasteiger charge is 2.20. The van der Waals surface area contributed by atoms with Gasteiger partial charge in [-0.1, -0.05) is 140 Å². The van der Waals surface area contributed by atoms with Crippen LogP contribution >= 0.6 is 11.3 Å². The van der Waals surface area contributed by atoms with Gasteiger partial charge < -0.3 is 4.42 Å². The maximum Gasteiger partial charge on any atom is 0.156 e. The summed E-state index contributed by atoms with van der Waals surface area (Å²) < 4.78 is 11.0. The van der Waals surface area contributed by atoms with Crippen LogP contribution in [0.2, 0.25) is 0 Å². The van der Waals surface area contributed by atoms with E-state index in [1.54, 1.807) is 0 Å². The fraction of sp³-hybridized carbons (Fsp3) is 0. The molecule has 0 N–H and O–H groups in total. The Bertz CT molecular complexity index is 3790. The number of pyridine rings is 1. The van der Waals surface area contributed by atoms with E-state index in [1.807, 2.05) is 23.5 Å². The number of benzene rings is 9. The lowest BCUT2D eigenvalue weighted by molar-refractivity contribution is 0.669. The number of aromatic nitrogens is 2. The molecule has 13 aromatic rings. The van der Waals surface area contributed by atoms with E-state index in [-0.39, 0.29) is 0 Å². The lowest BCUT2D eigenvalue weighted by atomic mass is 9.98. The first-order valence-electron chi connectivity index (χ1n) is 19.4. The zero-order chi connectivity index (χ0) is 37.2. The summed E-state index contributed by atoms with van der Waals surface area (Å²) >= 11 is 1.85. The van der Waals surface area contributed by atoms with E-state index in [0.29, 0.717) is 0 Å². The standard InChI is InChI=1S/C53H30N2OS/c1-2-9-37-29-50-44(28-36(37)8-1)45-30-47(55-46-25-24-40-39-10-4-3-7-34(39)21-23-42(40)51(46)54-53(55)52(45)57-50)35-19-17-32(18-20-35)31-13-15-33(16-14-31)38-22-26-49-43(27-38)41-11-5-6-12-48(41)56-49/h1-30H. The maximum absolute atomic E-state index is 6.08. The van der Waals surface area contributed by atoms with Crippen LogP contribution in [-0.2, 0) is 0 Å². The van der Waals surface area contributed by atoms with Gasteiger partial charge in [-0.3, -0.25) is 4.40 Å². The van der Waals surface area contributed by atoms with E-state index in [0.717, 1.165) is 49.9 Å². The van der Waals surface area contributed by atoms with Crippen LogP contribution < -0.4 is 0 Å². The average Bonchev–Trinajstić information content (AvgIpc) is 3.96. The minimum atomic E-state index is 0.916. The van der Waals surface area contributed by atoms with Gasteiger partial charge >= 0.3 is 0 Å². The van der Waals surface area contributed by atoms with E-state index in [1.165, 1.54) is 74.7 Å². The molecule has 4 heteroatoms. The molecular formula is C53H30N2OS. The third-order valence-corrected chi connectivity index (χ3v) is 13.1. The van der Waals surface area contributed by atoms with Crippen LogP contribution in [0.4, 0.5) is 0 Å². The van der Waals surface area contributed by atoms with E-state index >= 15 is 0 Å². The Labute approximate surface area is 330 Å². The van der Waals surface area contributed by atoms with Crippen molar-refractivity contribution in [2.75, 3.05) is 0 Å². The second-order valence-corrected chi connectivity index (χ2v) is 16.2. The first-order chi connectivity index (χ1) is 28.2. The van der Waals surface area contributed by atoms with E-state index < -0.39 is 0 Å². The normalized spacial score (nSPS) is 12.2. The van der Waals surface area contributed by atoms with Crippen LogP contribution in [0.5, 0.6) is 0 Å². The van der Waals surface area contributed by atoms with Crippen molar-refractivity contribution in [3.63, 3.8) is 0 Å². The molecule has 0 aliphatic carbocycles. The first kappa shape index (κ1) is 31.0. The Morgan fingerprint density at radius 2 is 1.04 bits per heavy atom. The van der Waals surface area contributed by atoms with Crippen molar-refractivity contribution in [1.29, 1.82) is 0 Å². The molecule has 57 heavy (non-hydrogen) atoms. The monoisotopic (exact) mass is 742 g/mol. The number of nitrogens with zero attached hydrogens (tertiary/aromatic N) is 2. The van der Waals surface area contributed by atoms with Crippen LogP contribution in [0.1, 0.15) is 0 Å². The van der Waals surface area contributed by atoms with Crippen LogP contribution in [0, 0.1) is 0 Å². The van der Waals surface area contributed by atoms with Gasteiger partial charge in [0.2, 0.25) is 0 Å². The summed E-state index contributed by atoms with van der Waals surface area (Å²) in [6, 6.07) is 66.1. The molecule has 0 aliphatic rings. The topological polar surface area (TPSA) is 30.4 Å². The zero-order valence-electron chi connectivity index (χ0n) is 30.5. The summed E-state index contributed by atoms with van der Waals surface area (Å²) in [5.74, 6) is 0. The van der Waals surface area contributed by atoms with Gasteiger partial charge in [0.1, 0.15) is 11.2 Å². The minimum Gasteiger partial charge on any atom is -0.456 e. The molecule has 0 saturated heterocycles. The summed E-state index contributed by atoms with van der Waals surface area (Å²) in [6.45, 7) is 0. The molecule has 0 aliphatic heterocycles. The smallest absolute Gasteiger partial charge is 0.156 e. The van der Waals surface area contributed by atoms with Crippen molar-refractivity contribution < 1.29 is 4.42 Å². The number of fused-ring (bicyclic) bond motifs is 15. The SMILES string of the molecule is c1ccc2cc3c(cc2c1)sc1c3cc(-c2ccc(-c3ccc(-c4ccc5oc6ccccc6c5c4)cc3)cc2)n2c3ccc4c5ccccc5ccc4c3nc12. The van der Waals surface area contributed by atoms with Crippen LogP contribution in [0.15, 0.2) is 186 Å². The second-order valence-electron chi connectivity index (χ2n) is 15.1. The Hall–Kier alpha value is -7.27. The second kappa shape index (κ2) is 11.6. The molecule has 9 aromatic carbocycles. The van der Waals surface area contributed by atoms with Crippen molar-refractivity contribution in [1.82, 2.24) is 9.38 Å². The predicted octanol–water partition coefficient (Wildman–Crippen LogP) is 15.2. The number of thiophene rings is 1. The van der Waals surface area contributed by atoms with Gasteiger partial charge in [-0.25, -0.2) is 4.98 Å². The molecule has 0 atom stereocenters. The minimum absolute atomic E-state index is 0.916. The molecule has 0 fully saturated rings. The molecule has 13 rings (SSSR count). The van der Waals surface area contributed by atoms with Gasteiger partial charge in [-0.15, -0.1) is 11.3 Å². The summed E-state index contributed by atoms with van der Waals surface area (Å²) in [4.78, 5) is 5.52. The van der Waals surface area contributed by atoms with Gasteiger partial charge in [-0.2, -0.15) is 0 Å². The Balaban J connectivity index is 0.966. The average molecular weight is 743 g/mol. The third-order valence-electron chi connectivity index (χ3n) is 12.0. The molecule has 264 valence electrons. The molecule has 3 nitrogen and oxygen atoms in total. The molecular weight excluding hydrogens is 713 g/mol. The number of para-hydroxylation sites is 1. The summed E-state index contributed by atoms with van der Waals surface area (Å²) in [7, 11) is 0. The zero-order valence-corrected chi connectivity index (χ0v) is 31.3. The maximum atomic E-state index is 6.08. The van der Waals surface area contributed by atoms with Crippen LogP contribution in [-0.4, -0.2) is 9.38 Å². The van der Waals surface area contributed by atoms with Crippen molar-refractivity contribution in [2.45, 2.75) is 0 Å². The molecule has 0 unspecified atom stereocenters. The quantitative estimate of drug-likeness (QED) is 0.169. The van der Waals surface area contributed by atoms with Crippen LogP contribution in [0.25, 0.3) is 125 Å². The van der Waals surface area contributed by atoms with Crippen molar-refractivity contribution in [2.24, 2.45) is 0 Å². The van der Waals surface area contributed by atoms with E-state index in [4.69, 9.17) is 9.40 Å². The summed E-state index contributed by atoms with van der Waals surface area (Å²) in [5.41, 5.74) is 12.0. The molecule has 0 bridgehead atoms. The Kier molecular flexibility index (Phi) is 6.32. The van der Waals surface area contributed by atoms with Crippen LogP contribution in [0.3, 0.4) is 0 Å². The fourth-order valence-corrected chi connectivity index (χ4v) is 10.3. The molecule has 0 radical (unpaired) electrons. The summed E-state index contributed by atoms with van der Waals surface area (Å²) in [6.07, 6.45) is 0. The summed E-state index contributed by atoms with van der Waals surface area (Å²) in [5, 5.41) is 12.2. The Morgan fingerprint density at radius 1 is 0.404 bits per heavy atom. The van der Waals surface area contributed by atoms with Gasteiger partial charge in [-0.05, 0) is 97.2 Å². The van der Waals surface area contributed by atoms with Crippen molar-refractivity contribution in [3.8, 4) is 33.5 Å². The Morgan fingerprint density at radius 3 is 1.84 bits per heavy atom. The molecule has 4 heterocycles. The number of rotatable bonds is 3.